The van der Waals surface area contributed by atoms with Crippen LogP contribution in [0.1, 0.15) is 47.5 Å². The van der Waals surface area contributed by atoms with Crippen molar-refractivity contribution in [1.82, 2.24) is 20.0 Å². The molecule has 0 aromatic carbocycles. The number of carbonyl (C=O) groups is 1. The Morgan fingerprint density at radius 1 is 1.16 bits per heavy atom. The van der Waals surface area contributed by atoms with Gasteiger partial charge in [-0.15, -0.1) is 0 Å². The van der Waals surface area contributed by atoms with Crippen LogP contribution in [-0.4, -0.2) is 51.1 Å². The van der Waals surface area contributed by atoms with Crippen molar-refractivity contribution in [1.29, 1.82) is 0 Å². The molecule has 1 amide bonds. The second-order valence-corrected chi connectivity index (χ2v) is 6.98. The van der Waals surface area contributed by atoms with Crippen LogP contribution in [0.2, 0.25) is 0 Å². The highest BCUT2D eigenvalue weighted by molar-refractivity contribution is 5.94. The van der Waals surface area contributed by atoms with Gasteiger partial charge in [0.25, 0.3) is 5.91 Å². The molecule has 4 rings (SSSR count). The van der Waals surface area contributed by atoms with Crippen LogP contribution in [0, 0.1) is 13.8 Å². The number of nitrogens with zero attached hydrogens (tertiary/aromatic N) is 5. The van der Waals surface area contributed by atoms with E-state index < -0.39 is 0 Å². The van der Waals surface area contributed by atoms with Crippen LogP contribution >= 0.6 is 0 Å². The van der Waals surface area contributed by atoms with Gasteiger partial charge in [-0.25, -0.2) is 9.97 Å². The molecule has 2 aromatic heterocycles. The summed E-state index contributed by atoms with van der Waals surface area (Å²) in [5.41, 5.74) is 1.56. The fourth-order valence-electron chi connectivity index (χ4n) is 3.63. The van der Waals surface area contributed by atoms with Crippen molar-refractivity contribution in [2.45, 2.75) is 51.6 Å². The second-order valence-electron chi connectivity index (χ2n) is 6.98. The zero-order valence-electron chi connectivity index (χ0n) is 14.7. The summed E-state index contributed by atoms with van der Waals surface area (Å²) in [6, 6.07) is 3.08. The number of carbonyl (C=O) groups excluding carboxylic acids is 1. The Kier molecular flexibility index (Phi) is 4.15. The molecule has 2 aromatic rings. The lowest BCUT2D eigenvalue weighted by Gasteiger charge is -2.39. The van der Waals surface area contributed by atoms with Crippen molar-refractivity contribution in [3.8, 4) is 0 Å². The first kappa shape index (κ1) is 16.1. The van der Waals surface area contributed by atoms with Gasteiger partial charge in [-0.05, 0) is 39.5 Å². The Balaban J connectivity index is 1.45. The van der Waals surface area contributed by atoms with Crippen LogP contribution in [0.15, 0.2) is 23.1 Å². The third-order valence-electron chi connectivity index (χ3n) is 5.12. The van der Waals surface area contributed by atoms with Gasteiger partial charge in [0.1, 0.15) is 23.5 Å². The number of hydrogen-bond acceptors (Lipinski definition) is 6. The van der Waals surface area contributed by atoms with E-state index in [9.17, 15) is 4.79 Å². The lowest BCUT2D eigenvalue weighted by molar-refractivity contribution is 0.0710. The molecule has 0 bridgehead atoms. The largest absolute Gasteiger partial charge is 0.361 e. The average Bonchev–Trinajstić information content (AvgIpc) is 3.35. The van der Waals surface area contributed by atoms with Crippen molar-refractivity contribution in [3.05, 3.63) is 35.6 Å². The van der Waals surface area contributed by atoms with E-state index in [0.717, 1.165) is 37.4 Å². The van der Waals surface area contributed by atoms with E-state index in [2.05, 4.69) is 26.1 Å². The van der Waals surface area contributed by atoms with Crippen LogP contribution < -0.4 is 4.90 Å². The summed E-state index contributed by atoms with van der Waals surface area (Å²) in [5.74, 6) is 1.63. The molecule has 3 heterocycles. The van der Waals surface area contributed by atoms with E-state index in [1.54, 1.807) is 13.3 Å². The number of aryl methyl sites for hydroxylation is 2. The van der Waals surface area contributed by atoms with Crippen LogP contribution in [0.4, 0.5) is 5.82 Å². The first-order valence-corrected chi connectivity index (χ1v) is 8.91. The molecule has 0 N–H and O–H groups in total. The van der Waals surface area contributed by atoms with Gasteiger partial charge in [-0.3, -0.25) is 4.79 Å². The minimum absolute atomic E-state index is 0.0213. The number of likely N-dealkylation sites (tertiary alicyclic amines) is 1. The number of rotatable bonds is 4. The van der Waals surface area contributed by atoms with Crippen molar-refractivity contribution in [2.75, 3.05) is 18.0 Å². The van der Waals surface area contributed by atoms with Gasteiger partial charge in [-0.1, -0.05) is 5.16 Å². The van der Waals surface area contributed by atoms with Gasteiger partial charge in [0.2, 0.25) is 0 Å². The number of hydrogen-bond donors (Lipinski definition) is 0. The second kappa shape index (κ2) is 6.46. The van der Waals surface area contributed by atoms with E-state index in [1.807, 2.05) is 11.8 Å². The molecule has 1 saturated carbocycles. The highest BCUT2D eigenvalue weighted by Gasteiger charge is 2.37. The summed E-state index contributed by atoms with van der Waals surface area (Å²) in [4.78, 5) is 25.7. The van der Waals surface area contributed by atoms with Gasteiger partial charge in [0.15, 0.2) is 0 Å². The van der Waals surface area contributed by atoms with Gasteiger partial charge in [0, 0.05) is 36.9 Å². The van der Waals surface area contributed by atoms with Crippen LogP contribution in [0.5, 0.6) is 0 Å². The molecule has 2 aliphatic rings. The smallest absolute Gasteiger partial charge is 0.259 e. The third-order valence-corrected chi connectivity index (χ3v) is 5.12. The van der Waals surface area contributed by atoms with Gasteiger partial charge in [0.05, 0.1) is 6.20 Å². The highest BCUT2D eigenvalue weighted by Crippen LogP contribution is 2.35. The standard InChI is InChI=1S/C18H23N5O2/c1-12-9-17(20-11-19-12)23(14-3-4-14)15-5-7-22(8-6-15)18(24)16-10-21-25-13(16)2/h9-11,14-15H,3-8H2,1-2H3. The topological polar surface area (TPSA) is 75.4 Å². The number of aromatic nitrogens is 3. The van der Waals surface area contributed by atoms with E-state index >= 15 is 0 Å². The summed E-state index contributed by atoms with van der Waals surface area (Å²) in [6.45, 7) is 5.28. The molecule has 1 aliphatic heterocycles. The Morgan fingerprint density at radius 2 is 1.88 bits per heavy atom. The van der Waals surface area contributed by atoms with E-state index in [4.69, 9.17) is 4.52 Å². The fraction of sp³-hybridized carbons (Fsp3) is 0.556. The molecule has 0 unspecified atom stereocenters. The summed E-state index contributed by atoms with van der Waals surface area (Å²) in [5, 5.41) is 3.72. The van der Waals surface area contributed by atoms with E-state index in [-0.39, 0.29) is 5.91 Å². The van der Waals surface area contributed by atoms with Crippen molar-refractivity contribution >= 4 is 11.7 Å². The third kappa shape index (κ3) is 3.23. The quantitative estimate of drug-likeness (QED) is 0.850. The lowest BCUT2D eigenvalue weighted by Crippen LogP contribution is -2.48. The molecular formula is C18H23N5O2. The normalized spacial score (nSPS) is 18.4. The van der Waals surface area contributed by atoms with Gasteiger partial charge in [-0.2, -0.15) is 0 Å². The minimum atomic E-state index is 0.0213. The molecule has 0 atom stereocenters. The van der Waals surface area contributed by atoms with Crippen molar-refractivity contribution in [3.63, 3.8) is 0 Å². The average molecular weight is 341 g/mol. The van der Waals surface area contributed by atoms with Crippen LogP contribution in [0.25, 0.3) is 0 Å². The zero-order chi connectivity index (χ0) is 17.4. The Morgan fingerprint density at radius 3 is 2.48 bits per heavy atom. The summed E-state index contributed by atoms with van der Waals surface area (Å²) < 4.78 is 5.02. The van der Waals surface area contributed by atoms with Crippen molar-refractivity contribution < 1.29 is 9.32 Å². The predicted octanol–water partition coefficient (Wildman–Crippen LogP) is 2.36. The lowest BCUT2D eigenvalue weighted by atomic mass is 10.0. The summed E-state index contributed by atoms with van der Waals surface area (Å²) in [6.07, 6.45) is 7.52. The predicted molar refractivity (Wildman–Crippen MR) is 92.4 cm³/mol. The Labute approximate surface area is 147 Å². The molecule has 132 valence electrons. The SMILES string of the molecule is Cc1cc(N(C2CC2)C2CCN(C(=O)c3cnoc3C)CC2)ncn1. The summed E-state index contributed by atoms with van der Waals surface area (Å²) in [7, 11) is 0. The number of amides is 1. The molecule has 2 fully saturated rings. The minimum Gasteiger partial charge on any atom is -0.361 e. The van der Waals surface area contributed by atoms with Crippen LogP contribution in [-0.2, 0) is 0 Å². The molecule has 0 radical (unpaired) electrons. The molecule has 0 spiro atoms. The molecule has 1 aliphatic carbocycles. The monoisotopic (exact) mass is 341 g/mol. The van der Waals surface area contributed by atoms with E-state index in [0.29, 0.717) is 23.4 Å². The number of anilines is 1. The zero-order valence-corrected chi connectivity index (χ0v) is 14.7. The fourth-order valence-corrected chi connectivity index (χ4v) is 3.63. The summed E-state index contributed by atoms with van der Waals surface area (Å²) >= 11 is 0. The Bertz CT molecular complexity index is 762. The highest BCUT2D eigenvalue weighted by atomic mass is 16.5. The van der Waals surface area contributed by atoms with Gasteiger partial charge >= 0.3 is 0 Å². The van der Waals surface area contributed by atoms with Crippen molar-refractivity contribution in [2.24, 2.45) is 0 Å². The molecule has 7 heteroatoms. The first-order valence-electron chi connectivity index (χ1n) is 8.91. The van der Waals surface area contributed by atoms with Crippen LogP contribution in [0.3, 0.4) is 0 Å². The molecule has 25 heavy (non-hydrogen) atoms. The molecular weight excluding hydrogens is 318 g/mol. The Hall–Kier alpha value is -2.44. The van der Waals surface area contributed by atoms with E-state index in [1.165, 1.54) is 19.0 Å². The first-order chi connectivity index (χ1) is 12.1. The maximum atomic E-state index is 12.6. The van der Waals surface area contributed by atoms with Gasteiger partial charge < -0.3 is 14.3 Å². The molecule has 1 saturated heterocycles. The number of piperidine rings is 1. The maximum absolute atomic E-state index is 12.6. The maximum Gasteiger partial charge on any atom is 0.259 e. The molecule has 7 nitrogen and oxygen atoms in total.